The monoisotopic (exact) mass is 235 g/mol. The van der Waals surface area contributed by atoms with E-state index in [4.69, 9.17) is 6.42 Å². The maximum Gasteiger partial charge on any atom is 0.325 e. The minimum Gasteiger partial charge on any atom is -0.480 e. The van der Waals surface area contributed by atoms with E-state index in [1.165, 1.54) is 23.1 Å². The molecule has 3 nitrogen and oxygen atoms in total. The first-order valence-corrected chi connectivity index (χ1v) is 5.10. The molecule has 1 unspecified atom stereocenters. The molecule has 0 aromatic heterocycles. The third kappa shape index (κ3) is 3.05. The normalized spacial score (nSPS) is 12.2. The Labute approximate surface area is 99.9 Å². The standard InChI is InChI=1S/C13H14FNO2/c1-4-7-15(3)12(13(16)17)10-5-6-11(14)9(2)8-10/h1,5-6,8,12H,7H2,2-3H3,(H,16,17). The third-order valence-corrected chi connectivity index (χ3v) is 2.51. The van der Waals surface area contributed by atoms with E-state index in [1.54, 1.807) is 14.0 Å². The number of halogens is 1. The Morgan fingerprint density at radius 2 is 2.29 bits per heavy atom. The van der Waals surface area contributed by atoms with Gasteiger partial charge in [0.05, 0.1) is 6.54 Å². The molecule has 0 radical (unpaired) electrons. The summed E-state index contributed by atoms with van der Waals surface area (Å²) in [6.07, 6.45) is 5.15. The van der Waals surface area contributed by atoms with Crippen molar-refractivity contribution in [2.75, 3.05) is 13.6 Å². The highest BCUT2D eigenvalue weighted by Crippen LogP contribution is 2.21. The first-order chi connectivity index (χ1) is 7.97. The second kappa shape index (κ2) is 5.46. The molecule has 4 heteroatoms. The zero-order chi connectivity index (χ0) is 13.0. The Kier molecular flexibility index (Phi) is 4.24. The van der Waals surface area contributed by atoms with Gasteiger partial charge in [-0.15, -0.1) is 6.42 Å². The number of terminal acetylenes is 1. The number of aliphatic carboxylic acids is 1. The fourth-order valence-corrected chi connectivity index (χ4v) is 1.66. The van der Waals surface area contributed by atoms with Gasteiger partial charge >= 0.3 is 5.97 Å². The number of carbonyl (C=O) groups is 1. The average molecular weight is 235 g/mol. The van der Waals surface area contributed by atoms with Crippen molar-refractivity contribution in [3.05, 3.63) is 35.1 Å². The van der Waals surface area contributed by atoms with Crippen molar-refractivity contribution >= 4 is 5.97 Å². The maximum absolute atomic E-state index is 13.1. The van der Waals surface area contributed by atoms with Crippen LogP contribution in [0.3, 0.4) is 0 Å². The topological polar surface area (TPSA) is 40.5 Å². The zero-order valence-corrected chi connectivity index (χ0v) is 9.77. The predicted molar refractivity (Wildman–Crippen MR) is 63.0 cm³/mol. The summed E-state index contributed by atoms with van der Waals surface area (Å²) in [5, 5.41) is 9.18. The summed E-state index contributed by atoms with van der Waals surface area (Å²) >= 11 is 0. The van der Waals surface area contributed by atoms with E-state index in [0.29, 0.717) is 11.1 Å². The molecular formula is C13H14FNO2. The van der Waals surface area contributed by atoms with Gasteiger partial charge in [-0.2, -0.15) is 0 Å². The van der Waals surface area contributed by atoms with Crippen molar-refractivity contribution in [2.24, 2.45) is 0 Å². The summed E-state index contributed by atoms with van der Waals surface area (Å²) in [5.41, 5.74) is 0.942. The van der Waals surface area contributed by atoms with Crippen LogP contribution in [0, 0.1) is 25.1 Å². The lowest BCUT2D eigenvalue weighted by atomic mass is 10.0. The van der Waals surface area contributed by atoms with E-state index in [2.05, 4.69) is 5.92 Å². The Bertz CT molecular complexity index is 465. The van der Waals surface area contributed by atoms with Crippen molar-refractivity contribution in [2.45, 2.75) is 13.0 Å². The minimum atomic E-state index is -1.01. The van der Waals surface area contributed by atoms with Gasteiger partial charge in [-0.1, -0.05) is 18.1 Å². The molecule has 1 N–H and O–H groups in total. The molecule has 1 rings (SSSR count). The first-order valence-electron chi connectivity index (χ1n) is 5.10. The molecule has 0 spiro atoms. The highest BCUT2D eigenvalue weighted by Gasteiger charge is 2.24. The second-order valence-corrected chi connectivity index (χ2v) is 3.87. The fraction of sp³-hybridized carbons (Fsp3) is 0.308. The summed E-state index contributed by atoms with van der Waals surface area (Å²) in [7, 11) is 1.62. The summed E-state index contributed by atoms with van der Waals surface area (Å²) in [4.78, 5) is 12.7. The van der Waals surface area contributed by atoms with Crippen molar-refractivity contribution in [3.8, 4) is 12.3 Å². The minimum absolute atomic E-state index is 0.216. The van der Waals surface area contributed by atoms with Gasteiger partial charge in [-0.3, -0.25) is 9.69 Å². The second-order valence-electron chi connectivity index (χ2n) is 3.87. The van der Waals surface area contributed by atoms with Crippen LogP contribution in [0.25, 0.3) is 0 Å². The summed E-state index contributed by atoms with van der Waals surface area (Å²) in [5.74, 6) is 1.03. The van der Waals surface area contributed by atoms with Gasteiger partial charge in [-0.05, 0) is 31.2 Å². The smallest absolute Gasteiger partial charge is 0.325 e. The lowest BCUT2D eigenvalue weighted by Crippen LogP contribution is -2.31. The van der Waals surface area contributed by atoms with Crippen molar-refractivity contribution in [3.63, 3.8) is 0 Å². The maximum atomic E-state index is 13.1. The van der Waals surface area contributed by atoms with Crippen molar-refractivity contribution < 1.29 is 14.3 Å². The number of benzene rings is 1. The van der Waals surface area contributed by atoms with E-state index < -0.39 is 12.0 Å². The van der Waals surface area contributed by atoms with Crippen LogP contribution in [-0.2, 0) is 4.79 Å². The Hall–Kier alpha value is -1.86. The van der Waals surface area contributed by atoms with Crippen LogP contribution in [0.2, 0.25) is 0 Å². The Balaban J connectivity index is 3.10. The summed E-state index contributed by atoms with van der Waals surface area (Å²) in [6, 6.07) is 3.41. The molecule has 90 valence electrons. The van der Waals surface area contributed by atoms with Gasteiger partial charge in [0.2, 0.25) is 0 Å². The SMILES string of the molecule is C#CCN(C)C(C(=O)O)c1ccc(F)c(C)c1. The number of carboxylic acid groups (broad SMARTS) is 1. The molecule has 1 aromatic carbocycles. The molecule has 1 atom stereocenters. The molecular weight excluding hydrogens is 221 g/mol. The van der Waals surface area contributed by atoms with E-state index in [9.17, 15) is 14.3 Å². The summed E-state index contributed by atoms with van der Waals surface area (Å²) < 4.78 is 13.1. The molecule has 0 saturated carbocycles. The number of hydrogen-bond donors (Lipinski definition) is 1. The van der Waals surface area contributed by atoms with Gasteiger partial charge in [0.25, 0.3) is 0 Å². The molecule has 0 amide bonds. The molecule has 0 aliphatic rings. The molecule has 0 fully saturated rings. The lowest BCUT2D eigenvalue weighted by Gasteiger charge is -2.23. The molecule has 0 heterocycles. The molecule has 0 bridgehead atoms. The van der Waals surface area contributed by atoms with Crippen LogP contribution < -0.4 is 0 Å². The van der Waals surface area contributed by atoms with E-state index in [0.717, 1.165) is 0 Å². The molecule has 0 aliphatic carbocycles. The van der Waals surface area contributed by atoms with Crippen LogP contribution >= 0.6 is 0 Å². The third-order valence-electron chi connectivity index (χ3n) is 2.51. The van der Waals surface area contributed by atoms with Gasteiger partial charge in [0.1, 0.15) is 11.9 Å². The van der Waals surface area contributed by atoms with Crippen molar-refractivity contribution in [1.82, 2.24) is 4.90 Å². The van der Waals surface area contributed by atoms with Crippen LogP contribution in [-0.4, -0.2) is 29.6 Å². The average Bonchev–Trinajstić information content (AvgIpc) is 2.23. The van der Waals surface area contributed by atoms with Crippen LogP contribution in [0.5, 0.6) is 0 Å². The Morgan fingerprint density at radius 3 is 2.76 bits per heavy atom. The molecule has 17 heavy (non-hydrogen) atoms. The van der Waals surface area contributed by atoms with E-state index in [-0.39, 0.29) is 12.4 Å². The number of rotatable bonds is 4. The van der Waals surface area contributed by atoms with Crippen LogP contribution in [0.15, 0.2) is 18.2 Å². The predicted octanol–water partition coefficient (Wildman–Crippen LogP) is 1.82. The zero-order valence-electron chi connectivity index (χ0n) is 9.77. The first kappa shape index (κ1) is 13.2. The van der Waals surface area contributed by atoms with E-state index >= 15 is 0 Å². The number of hydrogen-bond acceptors (Lipinski definition) is 2. The highest BCUT2D eigenvalue weighted by molar-refractivity contribution is 5.75. The van der Waals surface area contributed by atoms with Gasteiger partial charge in [0.15, 0.2) is 0 Å². The Morgan fingerprint density at radius 1 is 1.65 bits per heavy atom. The summed E-state index contributed by atoms with van der Waals surface area (Å²) in [6.45, 7) is 1.81. The largest absolute Gasteiger partial charge is 0.480 e. The van der Waals surface area contributed by atoms with E-state index in [1.807, 2.05) is 0 Å². The fourth-order valence-electron chi connectivity index (χ4n) is 1.66. The van der Waals surface area contributed by atoms with Gasteiger partial charge in [-0.25, -0.2) is 4.39 Å². The quantitative estimate of drug-likeness (QED) is 0.809. The van der Waals surface area contributed by atoms with Crippen LogP contribution in [0.1, 0.15) is 17.2 Å². The van der Waals surface area contributed by atoms with Crippen LogP contribution in [0.4, 0.5) is 4.39 Å². The molecule has 0 aliphatic heterocycles. The molecule has 1 aromatic rings. The number of aryl methyl sites for hydroxylation is 1. The number of likely N-dealkylation sites (N-methyl/N-ethyl adjacent to an activating group) is 1. The van der Waals surface area contributed by atoms with Crippen molar-refractivity contribution in [1.29, 1.82) is 0 Å². The van der Waals surface area contributed by atoms with Gasteiger partial charge < -0.3 is 5.11 Å². The number of carboxylic acids is 1. The highest BCUT2D eigenvalue weighted by atomic mass is 19.1. The number of nitrogens with zero attached hydrogens (tertiary/aromatic N) is 1. The van der Waals surface area contributed by atoms with Gasteiger partial charge in [0, 0.05) is 0 Å². The lowest BCUT2D eigenvalue weighted by molar-refractivity contribution is -0.142. The molecule has 0 saturated heterocycles.